The van der Waals surface area contributed by atoms with E-state index >= 15 is 0 Å². The van der Waals surface area contributed by atoms with Crippen LogP contribution in [0.1, 0.15) is 25.7 Å². The third-order valence-corrected chi connectivity index (χ3v) is 6.42. The van der Waals surface area contributed by atoms with Gasteiger partial charge in [-0.05, 0) is 46.6 Å². The summed E-state index contributed by atoms with van der Waals surface area (Å²) in [6, 6.07) is 0. The molecule has 2 aliphatic carbocycles. The summed E-state index contributed by atoms with van der Waals surface area (Å²) < 4.78 is 0. The summed E-state index contributed by atoms with van der Waals surface area (Å²) in [7, 11) is 0. The molecular weight excluding hydrogens is 230 g/mol. The largest absolute Gasteiger partial charge is 0.0832 e. The lowest BCUT2D eigenvalue weighted by molar-refractivity contribution is 0.491. The van der Waals surface area contributed by atoms with Gasteiger partial charge in [-0.1, -0.05) is 17.7 Å². The second kappa shape index (κ2) is 2.92. The van der Waals surface area contributed by atoms with E-state index in [-0.39, 0.29) is 5.98 Å². The molecule has 2 saturated carbocycles. The molecule has 0 saturated heterocycles. The maximum Gasteiger partial charge on any atom is 0.0634 e. The minimum atomic E-state index is -0.332. The van der Waals surface area contributed by atoms with Crippen LogP contribution < -0.4 is 0 Å². The zero-order valence-corrected chi connectivity index (χ0v) is 9.00. The first-order valence-electron chi connectivity index (χ1n) is 3.88. The molecule has 1 unspecified atom stereocenters. The normalized spacial score (nSPS) is 48.0. The first-order valence-corrected chi connectivity index (χ1v) is 8.21. The van der Waals surface area contributed by atoms with Crippen molar-refractivity contribution in [1.82, 2.24) is 0 Å². The van der Waals surface area contributed by atoms with Gasteiger partial charge in [-0.2, -0.15) is 0 Å². The Bertz CT molecular complexity index is 140. The van der Waals surface area contributed by atoms with E-state index in [2.05, 4.69) is 15.5 Å². The van der Waals surface area contributed by atoms with Gasteiger partial charge in [0.25, 0.3) is 0 Å². The third-order valence-electron chi connectivity index (χ3n) is 2.95. The van der Waals surface area contributed by atoms with Gasteiger partial charge in [-0.25, -0.2) is 0 Å². The van der Waals surface area contributed by atoms with Gasteiger partial charge in [0.15, 0.2) is 0 Å². The molecule has 0 aromatic rings. The van der Waals surface area contributed by atoms with E-state index in [4.69, 9.17) is 11.2 Å². The smallest absolute Gasteiger partial charge is 0.0634 e. The molecule has 0 heterocycles. The van der Waals surface area contributed by atoms with Gasteiger partial charge in [0, 0.05) is 5.66 Å². The zero-order chi connectivity index (χ0) is 7.14. The second-order valence-corrected chi connectivity index (χ2v) is 9.29. The lowest BCUT2D eigenvalue weighted by Gasteiger charge is -2.21. The van der Waals surface area contributed by atoms with Gasteiger partial charge in [0.05, 0.1) is 5.98 Å². The number of rotatable bonds is 1. The molecule has 0 nitrogen and oxygen atoms in total. The number of halogens is 2. The van der Waals surface area contributed by atoms with E-state index in [0.29, 0.717) is 0 Å². The van der Waals surface area contributed by atoms with E-state index < -0.39 is 0 Å². The average Bonchev–Trinajstić information content (AvgIpc) is 2.44. The van der Waals surface area contributed by atoms with Crippen LogP contribution in [0.4, 0.5) is 0 Å². The fourth-order valence-corrected chi connectivity index (χ4v) is 5.72. The molecule has 0 radical (unpaired) electrons. The number of fused-ring (bicyclic) bond motifs is 2. The van der Waals surface area contributed by atoms with Crippen LogP contribution in [0.3, 0.4) is 0 Å². The van der Waals surface area contributed by atoms with Crippen LogP contribution in [-0.4, -0.2) is 5.66 Å². The minimum Gasteiger partial charge on any atom is -0.0832 e. The monoisotopic (exact) mass is 240 g/mol. The third kappa shape index (κ3) is 1.26. The molecule has 4 atom stereocenters. The summed E-state index contributed by atoms with van der Waals surface area (Å²) in [5.41, 5.74) is 0.843. The lowest BCUT2D eigenvalue weighted by Crippen LogP contribution is -2.10. The molecule has 0 amide bonds. The van der Waals surface area contributed by atoms with Crippen LogP contribution in [0.5, 0.6) is 0 Å². The molecule has 0 aromatic carbocycles. The van der Waals surface area contributed by atoms with Crippen molar-refractivity contribution in [2.24, 2.45) is 11.8 Å². The molecule has 0 aliphatic heterocycles. The van der Waals surface area contributed by atoms with Crippen molar-refractivity contribution in [1.29, 1.82) is 0 Å². The average molecular weight is 241 g/mol. The molecule has 0 aromatic heterocycles. The van der Waals surface area contributed by atoms with Gasteiger partial charge in [-0.3, -0.25) is 0 Å². The quantitative estimate of drug-likeness (QED) is 0.606. The van der Waals surface area contributed by atoms with E-state index in [1.807, 2.05) is 0 Å². The van der Waals surface area contributed by atoms with E-state index in [0.717, 1.165) is 17.5 Å². The van der Waals surface area contributed by atoms with Crippen molar-refractivity contribution in [3.05, 3.63) is 0 Å². The minimum absolute atomic E-state index is 0.332. The van der Waals surface area contributed by atoms with Crippen molar-refractivity contribution < 1.29 is 0 Å². The van der Waals surface area contributed by atoms with Crippen molar-refractivity contribution >= 4 is 32.7 Å². The van der Waals surface area contributed by atoms with Crippen LogP contribution in [0.15, 0.2) is 0 Å². The maximum absolute atomic E-state index is 6.06. The molecule has 10 heavy (non-hydrogen) atoms. The van der Waals surface area contributed by atoms with Crippen LogP contribution in [0.25, 0.3) is 0 Å². The van der Waals surface area contributed by atoms with E-state index in [1.165, 1.54) is 25.7 Å². The first-order chi connectivity index (χ1) is 4.77. The maximum atomic E-state index is 6.06. The van der Waals surface area contributed by atoms with Gasteiger partial charge in [0.2, 0.25) is 0 Å². The Balaban J connectivity index is 2.02. The van der Waals surface area contributed by atoms with Gasteiger partial charge in [0.1, 0.15) is 0 Å². The molecule has 2 bridgehead atoms. The fourth-order valence-electron chi connectivity index (χ4n) is 2.45. The predicted molar refractivity (Wildman–Crippen MR) is 50.9 cm³/mol. The van der Waals surface area contributed by atoms with Crippen molar-refractivity contribution in [3.8, 4) is 0 Å². The molecule has 0 N–H and O–H groups in total. The second-order valence-electron chi connectivity index (χ2n) is 3.50. The predicted octanol–water partition coefficient (Wildman–Crippen LogP) is 4.12. The summed E-state index contributed by atoms with van der Waals surface area (Å²) in [4.78, 5) is 0. The molecule has 2 rings (SSSR count). The van der Waals surface area contributed by atoms with Gasteiger partial charge < -0.3 is 0 Å². The Morgan fingerprint density at radius 2 is 2.10 bits per heavy atom. The highest BCUT2D eigenvalue weighted by atomic mass is 79.9. The van der Waals surface area contributed by atoms with Gasteiger partial charge in [-0.15, -0.1) is 0 Å². The number of hydrogen-bond donors (Lipinski definition) is 0. The Labute approximate surface area is 76.0 Å². The summed E-state index contributed by atoms with van der Waals surface area (Å²) in [6.07, 6.45) is 5.81. The Hall–Kier alpha value is 1.20. The van der Waals surface area contributed by atoms with Crippen LogP contribution >= 0.6 is 32.7 Å². The topological polar surface area (TPSA) is 0 Å². The van der Waals surface area contributed by atoms with E-state index in [9.17, 15) is 0 Å². The summed E-state index contributed by atoms with van der Waals surface area (Å²) in [5, 5.41) is 0. The summed E-state index contributed by atoms with van der Waals surface area (Å²) in [5.74, 6) is 1.69. The van der Waals surface area contributed by atoms with E-state index in [1.54, 1.807) is 0 Å². The van der Waals surface area contributed by atoms with Gasteiger partial charge >= 0.3 is 0 Å². The zero-order valence-electron chi connectivity index (χ0n) is 5.76. The highest BCUT2D eigenvalue weighted by Crippen LogP contribution is 2.65. The van der Waals surface area contributed by atoms with Crippen molar-refractivity contribution in [2.75, 3.05) is 0 Å². The molecule has 58 valence electrons. The molecule has 2 aliphatic rings. The highest BCUT2D eigenvalue weighted by molar-refractivity contribution is 9.41. The van der Waals surface area contributed by atoms with Crippen LogP contribution in [0, 0.1) is 11.8 Å². The van der Waals surface area contributed by atoms with Crippen molar-refractivity contribution in [2.45, 2.75) is 31.3 Å². The lowest BCUT2D eigenvalue weighted by atomic mass is 10.0. The molecule has 3 heteroatoms. The van der Waals surface area contributed by atoms with Crippen LogP contribution in [-0.2, 0) is 0 Å². The molecular formula is C7H11BrClP. The fraction of sp³-hybridized carbons (Fsp3) is 1.00. The summed E-state index contributed by atoms with van der Waals surface area (Å²) in [6.45, 7) is 0. The Morgan fingerprint density at radius 3 is 2.40 bits per heavy atom. The standard InChI is InChI=1S/C7H11BrClP/c8-10(9)7-4-5-1-2-6(7)3-5/h5-7H,1-4H2/t5-,6+,7-,10?/m0/s1. The highest BCUT2D eigenvalue weighted by Gasteiger charge is 2.42. The Kier molecular flexibility index (Phi) is 2.28. The SMILES string of the molecule is ClP(Br)[C@H]1C[C@H]2CC[C@@H]1C2. The van der Waals surface area contributed by atoms with Crippen molar-refractivity contribution in [3.63, 3.8) is 0 Å². The Morgan fingerprint density at radius 1 is 1.30 bits per heavy atom. The first kappa shape index (κ1) is 7.83. The summed E-state index contributed by atoms with van der Waals surface area (Å²) >= 11 is 9.59. The number of hydrogen-bond acceptors (Lipinski definition) is 0. The molecule has 2 fully saturated rings. The molecule has 0 spiro atoms. The van der Waals surface area contributed by atoms with Crippen LogP contribution in [0.2, 0.25) is 0 Å².